The Bertz CT molecular complexity index is 541. The Labute approximate surface area is 115 Å². The maximum atomic E-state index is 6.02. The van der Waals surface area contributed by atoms with Crippen molar-refractivity contribution in [2.75, 3.05) is 12.8 Å². The van der Waals surface area contributed by atoms with E-state index in [0.29, 0.717) is 0 Å². The Morgan fingerprint density at radius 2 is 2.33 bits per heavy atom. The van der Waals surface area contributed by atoms with E-state index in [1.54, 1.807) is 11.3 Å². The first-order valence-corrected chi connectivity index (χ1v) is 7.64. The molecule has 3 rings (SSSR count). The molecule has 18 heavy (non-hydrogen) atoms. The molecular weight excluding hydrogens is 264 g/mol. The standard InChI is InChI=1S/C13H14N2OS2/c1-14-6-9-7-15-13(18-9)11-8-17-12-5-3-2-4-10(12)16-11/h2-5,7,11,14H,6,8H2,1H3. The number of nitrogens with one attached hydrogen (secondary N) is 1. The average Bonchev–Trinajstić information content (AvgIpc) is 2.87. The average molecular weight is 278 g/mol. The van der Waals surface area contributed by atoms with Crippen molar-refractivity contribution in [1.29, 1.82) is 0 Å². The summed E-state index contributed by atoms with van der Waals surface area (Å²) in [5, 5.41) is 4.21. The SMILES string of the molecule is CNCc1cnc(C2CSc3ccccc3O2)s1. The van der Waals surface area contributed by atoms with Gasteiger partial charge in [0.05, 0.1) is 0 Å². The van der Waals surface area contributed by atoms with E-state index in [-0.39, 0.29) is 6.10 Å². The minimum absolute atomic E-state index is 0.0838. The van der Waals surface area contributed by atoms with E-state index in [0.717, 1.165) is 23.1 Å². The number of thioether (sulfide) groups is 1. The molecule has 0 spiro atoms. The number of para-hydroxylation sites is 1. The van der Waals surface area contributed by atoms with E-state index in [1.807, 2.05) is 43.2 Å². The van der Waals surface area contributed by atoms with Gasteiger partial charge in [-0.25, -0.2) is 4.98 Å². The quantitative estimate of drug-likeness (QED) is 0.935. The maximum Gasteiger partial charge on any atom is 0.159 e. The molecular formula is C13H14N2OS2. The molecule has 0 aliphatic carbocycles. The Kier molecular flexibility index (Phi) is 3.54. The lowest BCUT2D eigenvalue weighted by molar-refractivity contribution is 0.220. The first-order valence-electron chi connectivity index (χ1n) is 5.84. The summed E-state index contributed by atoms with van der Waals surface area (Å²) in [6, 6.07) is 8.18. The summed E-state index contributed by atoms with van der Waals surface area (Å²) in [6.07, 6.45) is 2.02. The highest BCUT2D eigenvalue weighted by molar-refractivity contribution is 7.99. The molecule has 0 saturated heterocycles. The van der Waals surface area contributed by atoms with Gasteiger partial charge in [-0.05, 0) is 19.2 Å². The summed E-state index contributed by atoms with van der Waals surface area (Å²) in [4.78, 5) is 6.94. The van der Waals surface area contributed by atoms with Crippen LogP contribution in [0.3, 0.4) is 0 Å². The van der Waals surface area contributed by atoms with Crippen molar-refractivity contribution < 1.29 is 4.74 Å². The van der Waals surface area contributed by atoms with Crippen LogP contribution in [0.15, 0.2) is 35.4 Å². The number of fused-ring (bicyclic) bond motifs is 1. The van der Waals surface area contributed by atoms with Gasteiger partial charge in [0.1, 0.15) is 10.8 Å². The Hall–Kier alpha value is -1.04. The molecule has 2 heterocycles. The number of ether oxygens (including phenoxy) is 1. The third kappa shape index (κ3) is 2.39. The number of hydrogen-bond acceptors (Lipinski definition) is 5. The molecule has 1 unspecified atom stereocenters. The van der Waals surface area contributed by atoms with Crippen LogP contribution in [0.1, 0.15) is 16.0 Å². The fraction of sp³-hybridized carbons (Fsp3) is 0.308. The molecule has 1 N–H and O–H groups in total. The zero-order valence-electron chi connectivity index (χ0n) is 10.1. The summed E-state index contributed by atoms with van der Waals surface area (Å²) >= 11 is 3.57. The second-order valence-electron chi connectivity index (χ2n) is 4.06. The predicted octanol–water partition coefficient (Wildman–Crippen LogP) is 3.09. The molecule has 3 nitrogen and oxygen atoms in total. The molecule has 0 bridgehead atoms. The van der Waals surface area contributed by atoms with E-state index >= 15 is 0 Å². The number of aromatic nitrogens is 1. The van der Waals surface area contributed by atoms with Gasteiger partial charge >= 0.3 is 0 Å². The van der Waals surface area contributed by atoms with Gasteiger partial charge < -0.3 is 10.1 Å². The molecule has 2 aromatic rings. The fourth-order valence-corrected chi connectivity index (χ4v) is 3.92. The van der Waals surface area contributed by atoms with Gasteiger partial charge in [-0.1, -0.05) is 12.1 Å². The molecule has 0 amide bonds. The van der Waals surface area contributed by atoms with Crippen molar-refractivity contribution >= 4 is 23.1 Å². The predicted molar refractivity (Wildman–Crippen MR) is 75.4 cm³/mol. The van der Waals surface area contributed by atoms with Gasteiger partial charge in [0.25, 0.3) is 0 Å². The molecule has 1 aliphatic heterocycles. The van der Waals surface area contributed by atoms with Crippen LogP contribution in [-0.4, -0.2) is 17.8 Å². The third-order valence-corrected chi connectivity index (χ3v) is 4.91. The Morgan fingerprint density at radius 3 is 3.22 bits per heavy atom. The van der Waals surface area contributed by atoms with E-state index in [4.69, 9.17) is 4.74 Å². The fourth-order valence-electron chi connectivity index (χ4n) is 1.87. The summed E-state index contributed by atoms with van der Waals surface area (Å²) in [5.74, 6) is 1.91. The van der Waals surface area contributed by atoms with Crippen molar-refractivity contribution in [3.05, 3.63) is 40.3 Å². The maximum absolute atomic E-state index is 6.02. The number of rotatable bonds is 3. The number of benzene rings is 1. The van der Waals surface area contributed by atoms with Crippen molar-refractivity contribution in [1.82, 2.24) is 10.3 Å². The first-order chi connectivity index (χ1) is 8.86. The van der Waals surface area contributed by atoms with Gasteiger partial charge in [0, 0.05) is 28.3 Å². The van der Waals surface area contributed by atoms with E-state index in [9.17, 15) is 0 Å². The van der Waals surface area contributed by atoms with E-state index < -0.39 is 0 Å². The van der Waals surface area contributed by atoms with Crippen LogP contribution in [0, 0.1) is 0 Å². The van der Waals surface area contributed by atoms with E-state index in [1.165, 1.54) is 9.77 Å². The van der Waals surface area contributed by atoms with Gasteiger partial charge in [0.2, 0.25) is 0 Å². The zero-order chi connectivity index (χ0) is 12.4. The number of thiazole rings is 1. The van der Waals surface area contributed by atoms with Crippen LogP contribution in [-0.2, 0) is 6.54 Å². The second-order valence-corrected chi connectivity index (χ2v) is 6.27. The van der Waals surface area contributed by atoms with Gasteiger partial charge in [-0.3, -0.25) is 0 Å². The van der Waals surface area contributed by atoms with Crippen LogP contribution in [0.25, 0.3) is 0 Å². The van der Waals surface area contributed by atoms with E-state index in [2.05, 4.69) is 16.4 Å². The van der Waals surface area contributed by atoms with Gasteiger partial charge in [0.15, 0.2) is 6.10 Å². The third-order valence-electron chi connectivity index (χ3n) is 2.71. The molecule has 1 aromatic heterocycles. The monoisotopic (exact) mass is 278 g/mol. The van der Waals surface area contributed by atoms with Crippen LogP contribution in [0.2, 0.25) is 0 Å². The largest absolute Gasteiger partial charge is 0.481 e. The van der Waals surface area contributed by atoms with Crippen LogP contribution < -0.4 is 10.1 Å². The Balaban J connectivity index is 1.78. The molecule has 1 atom stereocenters. The lowest BCUT2D eigenvalue weighted by atomic mass is 10.3. The smallest absolute Gasteiger partial charge is 0.159 e. The summed E-state index contributed by atoms with van der Waals surface area (Å²) in [7, 11) is 1.95. The lowest BCUT2D eigenvalue weighted by Crippen LogP contribution is -2.14. The van der Waals surface area contributed by atoms with Crippen LogP contribution >= 0.6 is 23.1 Å². The number of nitrogens with zero attached hydrogens (tertiary/aromatic N) is 1. The molecule has 1 aromatic carbocycles. The molecule has 5 heteroatoms. The van der Waals surface area contributed by atoms with Crippen molar-refractivity contribution in [2.24, 2.45) is 0 Å². The van der Waals surface area contributed by atoms with Crippen molar-refractivity contribution in [2.45, 2.75) is 17.5 Å². The van der Waals surface area contributed by atoms with Crippen LogP contribution in [0.5, 0.6) is 5.75 Å². The zero-order valence-corrected chi connectivity index (χ0v) is 11.7. The highest BCUT2D eigenvalue weighted by Gasteiger charge is 2.23. The van der Waals surface area contributed by atoms with Gasteiger partial charge in [-0.2, -0.15) is 0 Å². The van der Waals surface area contributed by atoms with Crippen molar-refractivity contribution in [3.63, 3.8) is 0 Å². The molecule has 0 fully saturated rings. The van der Waals surface area contributed by atoms with Gasteiger partial charge in [-0.15, -0.1) is 23.1 Å². The summed E-state index contributed by atoms with van der Waals surface area (Å²) in [6.45, 7) is 0.869. The molecule has 0 radical (unpaired) electrons. The van der Waals surface area contributed by atoms with Crippen molar-refractivity contribution in [3.8, 4) is 5.75 Å². The van der Waals surface area contributed by atoms with Crippen LogP contribution in [0.4, 0.5) is 0 Å². The topological polar surface area (TPSA) is 34.2 Å². The summed E-state index contributed by atoms with van der Waals surface area (Å²) < 4.78 is 6.02. The lowest BCUT2D eigenvalue weighted by Gasteiger charge is -2.23. The second kappa shape index (κ2) is 5.30. The minimum Gasteiger partial charge on any atom is -0.481 e. The summed E-state index contributed by atoms with van der Waals surface area (Å²) in [5.41, 5.74) is 0. The highest BCUT2D eigenvalue weighted by atomic mass is 32.2. The molecule has 94 valence electrons. The first kappa shape index (κ1) is 12.0. The highest BCUT2D eigenvalue weighted by Crippen LogP contribution is 2.40. The molecule has 0 saturated carbocycles. The minimum atomic E-state index is 0.0838. The Morgan fingerprint density at radius 1 is 1.44 bits per heavy atom. The molecule has 1 aliphatic rings. The normalized spacial score (nSPS) is 18.2. The number of hydrogen-bond donors (Lipinski definition) is 1.